The minimum absolute atomic E-state index is 0.198. The van der Waals surface area contributed by atoms with Crippen LogP contribution in [0.25, 0.3) is 10.9 Å². The van der Waals surface area contributed by atoms with Gasteiger partial charge in [0, 0.05) is 24.2 Å². The van der Waals surface area contributed by atoms with Crippen LogP contribution >= 0.6 is 11.6 Å². The first kappa shape index (κ1) is 14.8. The normalized spacial score (nSPS) is 21.3. The van der Waals surface area contributed by atoms with Crippen LogP contribution in [0.1, 0.15) is 23.7 Å². The number of carbonyl (C=O) groups excluding carboxylic acids is 1. The molecule has 6 heteroatoms. The van der Waals surface area contributed by atoms with Crippen molar-refractivity contribution in [1.29, 1.82) is 0 Å². The Bertz CT molecular complexity index is 762. The summed E-state index contributed by atoms with van der Waals surface area (Å²) >= 11 is 6.14. The van der Waals surface area contributed by atoms with Crippen molar-refractivity contribution < 1.29 is 14.7 Å². The van der Waals surface area contributed by atoms with E-state index in [2.05, 4.69) is 4.98 Å². The molecule has 22 heavy (non-hydrogen) atoms. The molecule has 2 unspecified atom stereocenters. The van der Waals surface area contributed by atoms with Crippen LogP contribution < -0.4 is 0 Å². The average Bonchev–Trinajstić information content (AvgIpc) is 2.89. The summed E-state index contributed by atoms with van der Waals surface area (Å²) in [5.41, 5.74) is 1.00. The molecule has 1 fully saturated rings. The third-order valence-corrected chi connectivity index (χ3v) is 4.61. The maximum Gasteiger partial charge on any atom is 0.308 e. The van der Waals surface area contributed by atoms with Gasteiger partial charge in [-0.15, -0.1) is 0 Å². The van der Waals surface area contributed by atoms with Crippen LogP contribution in [0, 0.1) is 5.92 Å². The number of aliphatic carboxylic acids is 1. The number of carboxylic acid groups (broad SMARTS) is 1. The zero-order chi connectivity index (χ0) is 15.9. The molecule has 1 aliphatic heterocycles. The average molecular weight is 319 g/mol. The van der Waals surface area contributed by atoms with E-state index >= 15 is 0 Å². The fraction of sp³-hybridized carbons (Fsp3) is 0.312. The first-order valence-corrected chi connectivity index (χ1v) is 7.45. The van der Waals surface area contributed by atoms with Gasteiger partial charge in [0.05, 0.1) is 22.0 Å². The molecule has 5 nitrogen and oxygen atoms in total. The monoisotopic (exact) mass is 318 g/mol. The van der Waals surface area contributed by atoms with Gasteiger partial charge in [-0.05, 0) is 37.6 Å². The van der Waals surface area contributed by atoms with E-state index in [1.54, 1.807) is 36.2 Å². The standard InChI is InChI=1S/C16H15ClN2O3/c1-9-10(16(21)22)6-8-19(9)15(20)12-4-5-13(17)11-3-2-7-18-14(11)12/h2-5,7,9-10H,6,8H2,1H3,(H,21,22). The van der Waals surface area contributed by atoms with Crippen LogP contribution in [0.3, 0.4) is 0 Å². The van der Waals surface area contributed by atoms with Crippen molar-refractivity contribution in [2.75, 3.05) is 6.54 Å². The lowest BCUT2D eigenvalue weighted by atomic mass is 10.0. The van der Waals surface area contributed by atoms with Crippen LogP contribution in [0.4, 0.5) is 0 Å². The third-order valence-electron chi connectivity index (χ3n) is 4.28. The number of amides is 1. The maximum absolute atomic E-state index is 12.8. The van der Waals surface area contributed by atoms with Crippen molar-refractivity contribution in [3.05, 3.63) is 41.0 Å². The van der Waals surface area contributed by atoms with Crippen molar-refractivity contribution in [2.24, 2.45) is 5.92 Å². The Morgan fingerprint density at radius 1 is 1.36 bits per heavy atom. The van der Waals surface area contributed by atoms with Crippen LogP contribution in [-0.4, -0.2) is 39.5 Å². The highest BCUT2D eigenvalue weighted by Gasteiger charge is 2.38. The quantitative estimate of drug-likeness (QED) is 0.924. The van der Waals surface area contributed by atoms with Gasteiger partial charge in [0.1, 0.15) is 0 Å². The van der Waals surface area contributed by atoms with Crippen molar-refractivity contribution in [2.45, 2.75) is 19.4 Å². The number of benzene rings is 1. The highest BCUT2D eigenvalue weighted by atomic mass is 35.5. The summed E-state index contributed by atoms with van der Waals surface area (Å²) in [6.45, 7) is 2.21. The van der Waals surface area contributed by atoms with Gasteiger partial charge in [0.25, 0.3) is 5.91 Å². The van der Waals surface area contributed by atoms with E-state index in [9.17, 15) is 14.7 Å². The van der Waals surface area contributed by atoms with Gasteiger partial charge in [-0.1, -0.05) is 11.6 Å². The van der Waals surface area contributed by atoms with Crippen LogP contribution in [-0.2, 0) is 4.79 Å². The van der Waals surface area contributed by atoms with E-state index in [0.29, 0.717) is 29.1 Å². The summed E-state index contributed by atoms with van der Waals surface area (Å²) in [5, 5.41) is 10.5. The van der Waals surface area contributed by atoms with E-state index in [-0.39, 0.29) is 11.9 Å². The molecule has 1 aromatic heterocycles. The lowest BCUT2D eigenvalue weighted by Gasteiger charge is -2.23. The predicted octanol–water partition coefficient (Wildman–Crippen LogP) is 2.82. The summed E-state index contributed by atoms with van der Waals surface area (Å²) in [5.74, 6) is -1.58. The van der Waals surface area contributed by atoms with Gasteiger partial charge < -0.3 is 10.0 Å². The highest BCUT2D eigenvalue weighted by molar-refractivity contribution is 6.36. The van der Waals surface area contributed by atoms with E-state index < -0.39 is 11.9 Å². The number of likely N-dealkylation sites (tertiary alicyclic amines) is 1. The van der Waals surface area contributed by atoms with Crippen LogP contribution in [0.2, 0.25) is 5.02 Å². The number of rotatable bonds is 2. The lowest BCUT2D eigenvalue weighted by Crippen LogP contribution is -2.37. The van der Waals surface area contributed by atoms with E-state index in [1.165, 1.54) is 0 Å². The van der Waals surface area contributed by atoms with E-state index in [4.69, 9.17) is 11.6 Å². The van der Waals surface area contributed by atoms with Crippen molar-refractivity contribution in [3.63, 3.8) is 0 Å². The zero-order valence-corrected chi connectivity index (χ0v) is 12.7. The minimum atomic E-state index is -0.859. The number of pyridine rings is 1. The molecule has 1 N–H and O–H groups in total. The number of carboxylic acids is 1. The third kappa shape index (κ3) is 2.31. The fourth-order valence-electron chi connectivity index (χ4n) is 3.02. The maximum atomic E-state index is 12.8. The molecule has 2 heterocycles. The van der Waals surface area contributed by atoms with Gasteiger partial charge in [-0.25, -0.2) is 0 Å². The molecule has 114 valence electrons. The second kappa shape index (κ2) is 5.57. The fourth-order valence-corrected chi connectivity index (χ4v) is 3.24. The van der Waals surface area contributed by atoms with E-state index in [1.807, 2.05) is 6.07 Å². The molecule has 0 bridgehead atoms. The van der Waals surface area contributed by atoms with Crippen LogP contribution in [0.5, 0.6) is 0 Å². The number of aromatic nitrogens is 1. The molecule has 0 spiro atoms. The molecule has 2 aromatic rings. The van der Waals surface area contributed by atoms with Gasteiger partial charge in [0.2, 0.25) is 0 Å². The summed E-state index contributed by atoms with van der Waals surface area (Å²) in [6, 6.07) is 6.57. The Morgan fingerprint density at radius 3 is 2.82 bits per heavy atom. The second-order valence-electron chi connectivity index (χ2n) is 5.47. The number of hydrogen-bond donors (Lipinski definition) is 1. The Labute approximate surface area is 132 Å². The Balaban J connectivity index is 2.00. The van der Waals surface area contributed by atoms with Gasteiger partial charge in [-0.2, -0.15) is 0 Å². The summed E-state index contributed by atoms with van der Waals surface area (Å²) in [7, 11) is 0. The number of hydrogen-bond acceptors (Lipinski definition) is 3. The first-order valence-electron chi connectivity index (χ1n) is 7.07. The summed E-state index contributed by atoms with van der Waals surface area (Å²) in [4.78, 5) is 29.9. The molecule has 1 aromatic carbocycles. The minimum Gasteiger partial charge on any atom is -0.481 e. The molecule has 2 atom stereocenters. The van der Waals surface area contributed by atoms with Crippen molar-refractivity contribution in [1.82, 2.24) is 9.88 Å². The van der Waals surface area contributed by atoms with Gasteiger partial charge in [0.15, 0.2) is 0 Å². The van der Waals surface area contributed by atoms with Crippen molar-refractivity contribution in [3.8, 4) is 0 Å². The number of fused-ring (bicyclic) bond motifs is 1. The SMILES string of the molecule is CC1C(C(=O)O)CCN1C(=O)c1ccc(Cl)c2cccnc12. The first-order chi connectivity index (χ1) is 10.5. The Kier molecular flexibility index (Phi) is 3.74. The molecule has 0 saturated carbocycles. The number of carbonyl (C=O) groups is 2. The Morgan fingerprint density at radius 2 is 2.14 bits per heavy atom. The number of nitrogens with zero attached hydrogens (tertiary/aromatic N) is 2. The molecule has 1 aliphatic rings. The molecule has 0 radical (unpaired) electrons. The largest absolute Gasteiger partial charge is 0.481 e. The molecular formula is C16H15ClN2O3. The number of halogens is 1. The Hall–Kier alpha value is -2.14. The highest BCUT2D eigenvalue weighted by Crippen LogP contribution is 2.30. The smallest absolute Gasteiger partial charge is 0.308 e. The van der Waals surface area contributed by atoms with E-state index in [0.717, 1.165) is 5.39 Å². The zero-order valence-electron chi connectivity index (χ0n) is 12.0. The molecule has 1 saturated heterocycles. The predicted molar refractivity (Wildman–Crippen MR) is 83.0 cm³/mol. The lowest BCUT2D eigenvalue weighted by molar-refractivity contribution is -0.142. The summed E-state index contributed by atoms with van der Waals surface area (Å²) < 4.78 is 0. The van der Waals surface area contributed by atoms with Crippen molar-refractivity contribution >= 4 is 34.4 Å². The molecule has 1 amide bonds. The molecule has 3 rings (SSSR count). The van der Waals surface area contributed by atoms with Crippen LogP contribution in [0.15, 0.2) is 30.5 Å². The topological polar surface area (TPSA) is 70.5 Å². The summed E-state index contributed by atoms with van der Waals surface area (Å²) in [6.07, 6.45) is 2.09. The molecule has 0 aliphatic carbocycles. The second-order valence-corrected chi connectivity index (χ2v) is 5.87. The van der Waals surface area contributed by atoms with Gasteiger partial charge in [-0.3, -0.25) is 14.6 Å². The molecular weight excluding hydrogens is 304 g/mol. The van der Waals surface area contributed by atoms with Gasteiger partial charge >= 0.3 is 5.97 Å².